The largest absolute Gasteiger partial charge is 0.371 e. The zero-order valence-corrected chi connectivity index (χ0v) is 7.51. The number of carbonyl (C=O) groups is 1. The van der Waals surface area contributed by atoms with Gasteiger partial charge in [-0.2, -0.15) is 0 Å². The summed E-state index contributed by atoms with van der Waals surface area (Å²) in [6.45, 7) is 0.510. The maximum absolute atomic E-state index is 11.5. The van der Waals surface area contributed by atoms with E-state index >= 15 is 0 Å². The van der Waals surface area contributed by atoms with Crippen molar-refractivity contribution in [3.05, 3.63) is 35.9 Å². The average molecular weight is 193 g/mol. The number of carbonyl (C=O) groups excluding carboxylic acids is 1. The van der Waals surface area contributed by atoms with E-state index in [2.05, 4.69) is 5.32 Å². The molecule has 0 spiro atoms. The molecule has 74 valence electrons. The van der Waals surface area contributed by atoms with Crippen molar-refractivity contribution in [2.45, 2.75) is 12.3 Å². The van der Waals surface area contributed by atoms with Crippen molar-refractivity contribution in [2.75, 3.05) is 6.61 Å². The Hall–Kier alpha value is -1.39. The van der Waals surface area contributed by atoms with Gasteiger partial charge in [0.1, 0.15) is 6.10 Å². The van der Waals surface area contributed by atoms with E-state index in [1.54, 1.807) is 24.3 Å². The lowest BCUT2D eigenvalue weighted by Gasteiger charge is -2.09. The predicted octanol–water partition coefficient (Wildman–Crippen LogP) is 0.134. The SMILES string of the molecule is O=C(NC(O)C1CO1)c1ccccc1. The molecule has 4 heteroatoms. The second-order valence-electron chi connectivity index (χ2n) is 3.16. The molecule has 1 aromatic carbocycles. The molecule has 0 aromatic heterocycles. The summed E-state index contributed by atoms with van der Waals surface area (Å²) in [7, 11) is 0. The number of hydrogen-bond donors (Lipinski definition) is 2. The third-order valence-corrected chi connectivity index (χ3v) is 2.03. The van der Waals surface area contributed by atoms with E-state index < -0.39 is 6.23 Å². The second-order valence-corrected chi connectivity index (χ2v) is 3.16. The highest BCUT2D eigenvalue weighted by Gasteiger charge is 2.32. The topological polar surface area (TPSA) is 61.9 Å². The van der Waals surface area contributed by atoms with Crippen LogP contribution in [0.1, 0.15) is 10.4 Å². The van der Waals surface area contributed by atoms with Gasteiger partial charge in [-0.15, -0.1) is 0 Å². The molecule has 1 fully saturated rings. The van der Waals surface area contributed by atoms with E-state index in [1.807, 2.05) is 6.07 Å². The van der Waals surface area contributed by atoms with Gasteiger partial charge in [0.15, 0.2) is 6.23 Å². The van der Waals surface area contributed by atoms with Crippen LogP contribution in [-0.4, -0.2) is 30.0 Å². The molecule has 0 saturated carbocycles. The summed E-state index contributed by atoms with van der Waals surface area (Å²) in [5, 5.41) is 11.8. The smallest absolute Gasteiger partial charge is 0.253 e. The number of aliphatic hydroxyl groups is 1. The molecule has 1 heterocycles. The zero-order chi connectivity index (χ0) is 9.97. The minimum atomic E-state index is -0.900. The fraction of sp³-hybridized carbons (Fsp3) is 0.300. The summed E-state index contributed by atoms with van der Waals surface area (Å²) in [5.74, 6) is -0.284. The maximum Gasteiger partial charge on any atom is 0.253 e. The summed E-state index contributed by atoms with van der Waals surface area (Å²) < 4.78 is 4.84. The van der Waals surface area contributed by atoms with Crippen molar-refractivity contribution >= 4 is 5.91 Å². The van der Waals surface area contributed by atoms with E-state index in [9.17, 15) is 9.90 Å². The van der Waals surface area contributed by atoms with Crippen LogP contribution in [0.5, 0.6) is 0 Å². The summed E-state index contributed by atoms with van der Waals surface area (Å²) >= 11 is 0. The van der Waals surface area contributed by atoms with Gasteiger partial charge in [-0.1, -0.05) is 18.2 Å². The lowest BCUT2D eigenvalue weighted by Crippen LogP contribution is -2.38. The highest BCUT2D eigenvalue weighted by molar-refractivity contribution is 5.94. The molecule has 4 nitrogen and oxygen atoms in total. The number of ether oxygens (including phenoxy) is 1. The van der Waals surface area contributed by atoms with Gasteiger partial charge in [-0.3, -0.25) is 4.79 Å². The van der Waals surface area contributed by atoms with Gasteiger partial charge in [0, 0.05) is 5.56 Å². The van der Waals surface area contributed by atoms with Crippen molar-refractivity contribution in [1.29, 1.82) is 0 Å². The molecule has 2 rings (SSSR count). The molecule has 2 atom stereocenters. The molecule has 0 radical (unpaired) electrons. The number of benzene rings is 1. The molecule has 0 bridgehead atoms. The Labute approximate surface area is 81.5 Å². The van der Waals surface area contributed by atoms with Crippen LogP contribution in [0.25, 0.3) is 0 Å². The first-order chi connectivity index (χ1) is 6.77. The molecule has 0 aliphatic carbocycles. The predicted molar refractivity (Wildman–Crippen MR) is 49.7 cm³/mol. The highest BCUT2D eigenvalue weighted by atomic mass is 16.6. The van der Waals surface area contributed by atoms with E-state index in [4.69, 9.17) is 4.74 Å². The van der Waals surface area contributed by atoms with Crippen LogP contribution in [0.15, 0.2) is 30.3 Å². The Morgan fingerprint density at radius 2 is 2.14 bits per heavy atom. The number of aliphatic hydroxyl groups excluding tert-OH is 1. The Balaban J connectivity index is 1.95. The van der Waals surface area contributed by atoms with Crippen LogP contribution in [0.3, 0.4) is 0 Å². The third kappa shape index (κ3) is 2.10. The molecule has 14 heavy (non-hydrogen) atoms. The molecule has 1 amide bonds. The normalized spacial score (nSPS) is 21.4. The Bertz CT molecular complexity index is 321. The minimum Gasteiger partial charge on any atom is -0.371 e. The van der Waals surface area contributed by atoms with E-state index in [0.29, 0.717) is 12.2 Å². The zero-order valence-electron chi connectivity index (χ0n) is 7.51. The Morgan fingerprint density at radius 1 is 1.50 bits per heavy atom. The standard InChI is InChI=1S/C10H11NO3/c12-9(7-4-2-1-3-5-7)11-10(13)8-6-14-8/h1-5,8,10,13H,6H2,(H,11,12). The van der Waals surface area contributed by atoms with E-state index in [-0.39, 0.29) is 12.0 Å². The first-order valence-electron chi connectivity index (χ1n) is 4.43. The molecule has 1 aromatic rings. The molecular weight excluding hydrogens is 182 g/mol. The van der Waals surface area contributed by atoms with E-state index in [0.717, 1.165) is 0 Å². The fourth-order valence-electron chi connectivity index (χ4n) is 1.14. The summed E-state index contributed by atoms with van der Waals surface area (Å²) in [6.07, 6.45) is -1.13. The van der Waals surface area contributed by atoms with Crippen molar-refractivity contribution in [1.82, 2.24) is 5.32 Å². The number of hydrogen-bond acceptors (Lipinski definition) is 3. The van der Waals surface area contributed by atoms with Gasteiger partial charge in [0.25, 0.3) is 5.91 Å². The fourth-order valence-corrected chi connectivity index (χ4v) is 1.14. The molecule has 1 aliphatic heterocycles. The van der Waals surface area contributed by atoms with Gasteiger partial charge >= 0.3 is 0 Å². The molecule has 2 N–H and O–H groups in total. The Morgan fingerprint density at radius 3 is 2.71 bits per heavy atom. The van der Waals surface area contributed by atoms with Crippen LogP contribution in [-0.2, 0) is 4.74 Å². The molecule has 2 unspecified atom stereocenters. The van der Waals surface area contributed by atoms with Crippen LogP contribution in [0, 0.1) is 0 Å². The van der Waals surface area contributed by atoms with E-state index in [1.165, 1.54) is 0 Å². The number of nitrogens with one attached hydrogen (secondary N) is 1. The lowest BCUT2D eigenvalue weighted by molar-refractivity contribution is 0.0699. The maximum atomic E-state index is 11.5. The monoisotopic (exact) mass is 193 g/mol. The number of rotatable bonds is 3. The van der Waals surface area contributed by atoms with Crippen molar-refractivity contribution in [3.63, 3.8) is 0 Å². The van der Waals surface area contributed by atoms with Crippen LogP contribution < -0.4 is 5.32 Å². The second kappa shape index (κ2) is 3.77. The summed E-state index contributed by atoms with van der Waals surface area (Å²) in [5.41, 5.74) is 0.534. The van der Waals surface area contributed by atoms with Gasteiger partial charge in [-0.25, -0.2) is 0 Å². The summed E-state index contributed by atoms with van der Waals surface area (Å²) in [6, 6.07) is 8.76. The van der Waals surface area contributed by atoms with Crippen molar-refractivity contribution in [2.24, 2.45) is 0 Å². The van der Waals surface area contributed by atoms with Gasteiger partial charge in [0.05, 0.1) is 6.61 Å². The number of epoxide rings is 1. The Kier molecular flexibility index (Phi) is 2.47. The van der Waals surface area contributed by atoms with Gasteiger partial charge < -0.3 is 15.2 Å². The lowest BCUT2D eigenvalue weighted by atomic mass is 10.2. The molecular formula is C10H11NO3. The van der Waals surface area contributed by atoms with Crippen molar-refractivity contribution < 1.29 is 14.6 Å². The summed E-state index contributed by atoms with van der Waals surface area (Å²) in [4.78, 5) is 11.5. The van der Waals surface area contributed by atoms with Crippen molar-refractivity contribution in [3.8, 4) is 0 Å². The van der Waals surface area contributed by atoms with Gasteiger partial charge in [-0.05, 0) is 12.1 Å². The van der Waals surface area contributed by atoms with Crippen LogP contribution in [0.4, 0.5) is 0 Å². The van der Waals surface area contributed by atoms with Crippen LogP contribution >= 0.6 is 0 Å². The molecule has 1 saturated heterocycles. The first-order valence-corrected chi connectivity index (χ1v) is 4.43. The average Bonchev–Trinajstić information content (AvgIpc) is 3.02. The van der Waals surface area contributed by atoms with Crippen LogP contribution in [0.2, 0.25) is 0 Å². The quantitative estimate of drug-likeness (QED) is 0.530. The van der Waals surface area contributed by atoms with Gasteiger partial charge in [0.2, 0.25) is 0 Å². The molecule has 1 aliphatic rings. The minimum absolute atomic E-state index is 0.234. The first kappa shape index (κ1) is 9.18. The third-order valence-electron chi connectivity index (χ3n) is 2.03. The highest BCUT2D eigenvalue weighted by Crippen LogP contribution is 2.12. The number of amides is 1.